The van der Waals surface area contributed by atoms with Crippen molar-refractivity contribution in [2.75, 3.05) is 46.2 Å². The average molecular weight is 515 g/mol. The molecule has 0 heterocycles. The van der Waals surface area contributed by atoms with E-state index in [1.54, 1.807) is 0 Å². The van der Waals surface area contributed by atoms with Crippen LogP contribution < -0.4 is 10.6 Å². The molecule has 0 spiro atoms. The van der Waals surface area contributed by atoms with E-state index in [1.165, 1.54) is 0 Å². The van der Waals surface area contributed by atoms with Gasteiger partial charge in [-0.05, 0) is 33.6 Å². The fraction of sp³-hybridized carbons (Fsp3) is 0.852. The molecule has 0 aromatic heterocycles. The van der Waals surface area contributed by atoms with Crippen LogP contribution in [0.1, 0.15) is 82.1 Å². The number of Topliss-reactive ketones (excluding diaryl/α,β-unsaturated/α-hetero) is 2. The summed E-state index contributed by atoms with van der Waals surface area (Å²) < 4.78 is 16.1. The van der Waals surface area contributed by atoms with Gasteiger partial charge in [0.25, 0.3) is 0 Å². The molecule has 9 heteroatoms. The minimum absolute atomic E-state index is 0.0397. The van der Waals surface area contributed by atoms with Gasteiger partial charge in [0.05, 0.1) is 19.8 Å². The highest BCUT2D eigenvalue weighted by Gasteiger charge is 2.34. The molecule has 2 N–H and O–H groups in total. The van der Waals surface area contributed by atoms with Crippen LogP contribution in [0.5, 0.6) is 0 Å². The Balaban J connectivity index is 4.22. The van der Waals surface area contributed by atoms with Crippen LogP contribution in [0.4, 0.5) is 0 Å². The average Bonchev–Trinajstić information content (AvgIpc) is 2.71. The van der Waals surface area contributed by atoms with Gasteiger partial charge < -0.3 is 24.8 Å². The number of hydrogen-bond acceptors (Lipinski definition) is 7. The van der Waals surface area contributed by atoms with Gasteiger partial charge in [0, 0.05) is 28.3 Å². The molecule has 0 bridgehead atoms. The summed E-state index contributed by atoms with van der Waals surface area (Å²) >= 11 is 0. The second kappa shape index (κ2) is 14.8. The molecule has 0 rings (SSSR count). The Morgan fingerprint density at radius 2 is 1.14 bits per heavy atom. The standard InChI is InChI=1S/C27H50N2O7/c1-24(2,3)20(30)17-35-16-15-34-14-13-28-23(33)27(9,10)12-11-26(7,8)21(31)18-36-19-22(32)29-25(4,5)6/h11-19H2,1-10H3,(H,28,33)(H,29,32). The molecule has 0 aromatic rings. The summed E-state index contributed by atoms with van der Waals surface area (Å²) in [6.07, 6.45) is 1.02. The summed E-state index contributed by atoms with van der Waals surface area (Å²) in [6.45, 7) is 19.6. The molecule has 0 radical (unpaired) electrons. The molecule has 0 fully saturated rings. The minimum atomic E-state index is -0.685. The van der Waals surface area contributed by atoms with Crippen molar-refractivity contribution in [3.8, 4) is 0 Å². The monoisotopic (exact) mass is 514 g/mol. The van der Waals surface area contributed by atoms with Crippen LogP contribution >= 0.6 is 0 Å². The van der Waals surface area contributed by atoms with Crippen molar-refractivity contribution in [2.45, 2.75) is 87.6 Å². The number of carbonyl (C=O) groups excluding carboxylic acids is 4. The molecule has 0 aliphatic heterocycles. The topological polar surface area (TPSA) is 120 Å². The van der Waals surface area contributed by atoms with Gasteiger partial charge in [-0.3, -0.25) is 19.2 Å². The molecule has 0 saturated heterocycles. The molecular weight excluding hydrogens is 464 g/mol. The van der Waals surface area contributed by atoms with E-state index >= 15 is 0 Å². The van der Waals surface area contributed by atoms with Crippen molar-refractivity contribution in [2.24, 2.45) is 16.2 Å². The number of ether oxygens (including phenoxy) is 3. The normalized spacial score (nSPS) is 12.8. The maximum atomic E-state index is 12.6. The fourth-order valence-corrected chi connectivity index (χ4v) is 2.84. The van der Waals surface area contributed by atoms with Crippen molar-refractivity contribution in [3.05, 3.63) is 0 Å². The summed E-state index contributed by atoms with van der Waals surface area (Å²) in [5.41, 5.74) is -2.13. The molecule has 0 aliphatic carbocycles. The quantitative estimate of drug-likeness (QED) is 0.286. The smallest absolute Gasteiger partial charge is 0.246 e. The zero-order valence-corrected chi connectivity index (χ0v) is 24.2. The first-order valence-corrected chi connectivity index (χ1v) is 12.7. The van der Waals surface area contributed by atoms with Gasteiger partial charge in [-0.25, -0.2) is 0 Å². The molecule has 2 amide bonds. The van der Waals surface area contributed by atoms with Crippen LogP contribution in [0.15, 0.2) is 0 Å². The van der Waals surface area contributed by atoms with Gasteiger partial charge in [-0.15, -0.1) is 0 Å². The van der Waals surface area contributed by atoms with Crippen molar-refractivity contribution >= 4 is 23.4 Å². The lowest BCUT2D eigenvalue weighted by Crippen LogP contribution is -2.43. The SMILES string of the molecule is CC(C)(C)NC(=O)COCC(=O)C(C)(C)CCC(C)(C)C(=O)NCCOCCOCC(=O)C(C)(C)C. The van der Waals surface area contributed by atoms with E-state index < -0.39 is 16.2 Å². The number of rotatable bonds is 17. The van der Waals surface area contributed by atoms with Crippen LogP contribution in [-0.2, 0) is 33.4 Å². The van der Waals surface area contributed by atoms with E-state index in [0.29, 0.717) is 39.2 Å². The fourth-order valence-electron chi connectivity index (χ4n) is 2.84. The summed E-state index contributed by atoms with van der Waals surface area (Å²) in [7, 11) is 0. The highest BCUT2D eigenvalue weighted by atomic mass is 16.5. The lowest BCUT2D eigenvalue weighted by molar-refractivity contribution is -0.137. The number of carbonyl (C=O) groups is 4. The first-order valence-electron chi connectivity index (χ1n) is 12.7. The van der Waals surface area contributed by atoms with E-state index in [4.69, 9.17) is 14.2 Å². The van der Waals surface area contributed by atoms with Crippen molar-refractivity contribution in [1.82, 2.24) is 10.6 Å². The Morgan fingerprint density at radius 3 is 1.69 bits per heavy atom. The minimum Gasteiger partial charge on any atom is -0.377 e. The van der Waals surface area contributed by atoms with E-state index in [1.807, 2.05) is 69.2 Å². The van der Waals surface area contributed by atoms with Gasteiger partial charge >= 0.3 is 0 Å². The third-order valence-electron chi connectivity index (χ3n) is 5.70. The van der Waals surface area contributed by atoms with Crippen LogP contribution in [0.3, 0.4) is 0 Å². The third-order valence-corrected chi connectivity index (χ3v) is 5.70. The van der Waals surface area contributed by atoms with Crippen molar-refractivity contribution in [3.63, 3.8) is 0 Å². The molecule has 0 saturated carbocycles. The van der Waals surface area contributed by atoms with E-state index in [-0.39, 0.29) is 48.7 Å². The Labute approximate surface area is 217 Å². The zero-order chi connectivity index (χ0) is 28.2. The maximum absolute atomic E-state index is 12.6. The summed E-state index contributed by atoms with van der Waals surface area (Å²) in [5, 5.41) is 5.65. The van der Waals surface area contributed by atoms with Crippen molar-refractivity contribution in [1.29, 1.82) is 0 Å². The first kappa shape index (κ1) is 34.2. The van der Waals surface area contributed by atoms with Crippen molar-refractivity contribution < 1.29 is 33.4 Å². The van der Waals surface area contributed by atoms with Crippen LogP contribution in [0.25, 0.3) is 0 Å². The number of amides is 2. The van der Waals surface area contributed by atoms with Gasteiger partial charge in [-0.1, -0.05) is 48.5 Å². The van der Waals surface area contributed by atoms with Crippen LogP contribution in [-0.4, -0.2) is 75.1 Å². The van der Waals surface area contributed by atoms with Crippen LogP contribution in [0.2, 0.25) is 0 Å². The summed E-state index contributed by atoms with van der Waals surface area (Å²) in [6, 6.07) is 0. The molecule has 0 aliphatic rings. The number of ketones is 2. The third kappa shape index (κ3) is 15.3. The first-order chi connectivity index (χ1) is 16.3. The van der Waals surface area contributed by atoms with E-state index in [0.717, 1.165) is 0 Å². The number of nitrogens with one attached hydrogen (secondary N) is 2. The summed E-state index contributed by atoms with van der Waals surface area (Å²) in [5.74, 6) is -0.450. The van der Waals surface area contributed by atoms with Gasteiger partial charge in [0.15, 0.2) is 11.6 Å². The Kier molecular flexibility index (Phi) is 14.0. The lowest BCUT2D eigenvalue weighted by atomic mass is 9.76. The molecule has 36 heavy (non-hydrogen) atoms. The highest BCUT2D eigenvalue weighted by Crippen LogP contribution is 2.32. The molecule has 0 aromatic carbocycles. The van der Waals surface area contributed by atoms with Gasteiger partial charge in [0.2, 0.25) is 11.8 Å². The Hall–Kier alpha value is -1.84. The second-order valence-corrected chi connectivity index (χ2v) is 12.6. The molecule has 0 atom stereocenters. The second-order valence-electron chi connectivity index (χ2n) is 12.6. The highest BCUT2D eigenvalue weighted by molar-refractivity contribution is 5.86. The largest absolute Gasteiger partial charge is 0.377 e. The summed E-state index contributed by atoms with van der Waals surface area (Å²) in [4.78, 5) is 48.9. The van der Waals surface area contributed by atoms with E-state index in [2.05, 4.69) is 10.6 Å². The molecule has 9 nitrogen and oxygen atoms in total. The zero-order valence-electron chi connectivity index (χ0n) is 24.2. The van der Waals surface area contributed by atoms with Crippen LogP contribution in [0, 0.1) is 16.2 Å². The predicted molar refractivity (Wildman–Crippen MR) is 140 cm³/mol. The Morgan fingerprint density at radius 1 is 0.611 bits per heavy atom. The Bertz CT molecular complexity index is 731. The predicted octanol–water partition coefficient (Wildman–Crippen LogP) is 3.08. The number of hydrogen-bond donors (Lipinski definition) is 2. The van der Waals surface area contributed by atoms with Gasteiger partial charge in [0.1, 0.15) is 19.8 Å². The molecule has 210 valence electrons. The van der Waals surface area contributed by atoms with E-state index in [9.17, 15) is 19.2 Å². The lowest BCUT2D eigenvalue weighted by Gasteiger charge is -2.29. The molecule has 0 unspecified atom stereocenters. The maximum Gasteiger partial charge on any atom is 0.246 e. The molecular formula is C27H50N2O7. The van der Waals surface area contributed by atoms with Gasteiger partial charge in [-0.2, -0.15) is 0 Å².